The van der Waals surface area contributed by atoms with Crippen LogP contribution in [0.4, 0.5) is 11.4 Å². The summed E-state index contributed by atoms with van der Waals surface area (Å²) in [7, 11) is 0. The average Bonchev–Trinajstić information content (AvgIpc) is 3.05. The Bertz CT molecular complexity index is 1450. The van der Waals surface area contributed by atoms with Gasteiger partial charge in [0.15, 0.2) is 12.2 Å². The number of nitrogens with one attached hydrogen (secondary N) is 2. The predicted molar refractivity (Wildman–Crippen MR) is 181 cm³/mol. The smallest absolute Gasteiger partial charge is 0.265 e. The summed E-state index contributed by atoms with van der Waals surface area (Å²) in [5.74, 6) is 1.70. The van der Waals surface area contributed by atoms with E-state index in [9.17, 15) is 9.59 Å². The normalized spacial score (nSPS) is 13.9. The molecule has 6 nitrogen and oxygen atoms in total. The van der Waals surface area contributed by atoms with Gasteiger partial charge in [0.25, 0.3) is 11.8 Å². The molecule has 4 atom stereocenters. The number of benzene rings is 4. The fraction of sp³-hybridized carbons (Fsp3) is 0.368. The van der Waals surface area contributed by atoms with Crippen LogP contribution < -0.4 is 20.1 Å². The molecular formula is C38H46N2O4. The molecule has 0 spiro atoms. The first-order chi connectivity index (χ1) is 21.3. The van der Waals surface area contributed by atoms with E-state index >= 15 is 0 Å². The molecule has 0 bridgehead atoms. The summed E-state index contributed by atoms with van der Waals surface area (Å²) in [6.45, 7) is 12.5. The average molecular weight is 595 g/mol. The molecule has 0 aliphatic heterocycles. The van der Waals surface area contributed by atoms with E-state index in [0.717, 1.165) is 46.2 Å². The minimum Gasteiger partial charge on any atom is -0.480 e. The molecule has 0 aliphatic carbocycles. The van der Waals surface area contributed by atoms with E-state index < -0.39 is 12.2 Å². The van der Waals surface area contributed by atoms with Gasteiger partial charge in [0, 0.05) is 22.1 Å². The summed E-state index contributed by atoms with van der Waals surface area (Å²) in [5.41, 5.74) is 3.52. The Morgan fingerprint density at radius 3 is 1.30 bits per heavy atom. The number of fused-ring (bicyclic) bond motifs is 1. The number of rotatable bonds is 14. The Labute approximate surface area is 262 Å². The zero-order valence-corrected chi connectivity index (χ0v) is 26.9. The molecule has 0 aliphatic rings. The summed E-state index contributed by atoms with van der Waals surface area (Å²) in [6.07, 6.45) is 1.69. The van der Waals surface area contributed by atoms with Crippen LogP contribution in [0.2, 0.25) is 0 Å². The second kappa shape index (κ2) is 15.4. The SMILES string of the molecule is CCC(Oc1ccccc1C(C)CC)C(=O)Nc1cccc2c(NC(=O)C(CC)Oc3ccccc3C(C)CC)cccc12. The summed E-state index contributed by atoms with van der Waals surface area (Å²) in [4.78, 5) is 27.0. The predicted octanol–water partition coefficient (Wildman–Crippen LogP) is 9.46. The van der Waals surface area contributed by atoms with Gasteiger partial charge in [0.2, 0.25) is 0 Å². The molecule has 2 amide bonds. The quantitative estimate of drug-likeness (QED) is 0.152. The van der Waals surface area contributed by atoms with Crippen LogP contribution in [0.25, 0.3) is 10.8 Å². The third kappa shape index (κ3) is 7.60. The minimum atomic E-state index is -0.654. The maximum absolute atomic E-state index is 13.5. The molecule has 0 radical (unpaired) electrons. The second-order valence-corrected chi connectivity index (χ2v) is 11.4. The summed E-state index contributed by atoms with van der Waals surface area (Å²) in [6, 6.07) is 27.2. The lowest BCUT2D eigenvalue weighted by Crippen LogP contribution is -2.33. The van der Waals surface area contributed by atoms with Gasteiger partial charge in [-0.2, -0.15) is 0 Å². The molecule has 6 heteroatoms. The van der Waals surface area contributed by atoms with Gasteiger partial charge in [-0.15, -0.1) is 0 Å². The van der Waals surface area contributed by atoms with Gasteiger partial charge in [-0.1, -0.05) is 102 Å². The molecule has 0 heterocycles. The lowest BCUT2D eigenvalue weighted by atomic mass is 9.98. The van der Waals surface area contributed by atoms with Gasteiger partial charge in [-0.05, 0) is 72.9 Å². The molecule has 0 aromatic heterocycles. The molecule has 2 N–H and O–H groups in total. The van der Waals surface area contributed by atoms with Crippen LogP contribution >= 0.6 is 0 Å². The van der Waals surface area contributed by atoms with E-state index in [2.05, 4.69) is 50.5 Å². The van der Waals surface area contributed by atoms with Crippen molar-refractivity contribution in [3.8, 4) is 11.5 Å². The standard InChI is InChI=1S/C38H46N2O4/c1-7-25(5)27-17-11-13-23-35(27)43-33(9-3)37(41)39-31-21-15-20-30-29(31)19-16-22-32(30)40-38(42)34(10-4)44-36-24-14-12-18-28(36)26(6)8-2/h11-26,33-34H,7-10H2,1-6H3,(H,39,41)(H,40,42). The Balaban J connectivity index is 1.53. The van der Waals surface area contributed by atoms with E-state index in [-0.39, 0.29) is 11.8 Å². The van der Waals surface area contributed by atoms with Crippen LogP contribution in [0, 0.1) is 0 Å². The van der Waals surface area contributed by atoms with Gasteiger partial charge in [0.05, 0.1) is 0 Å². The van der Waals surface area contributed by atoms with Gasteiger partial charge in [-0.25, -0.2) is 0 Å². The molecule has 0 saturated carbocycles. The van der Waals surface area contributed by atoms with Crippen molar-refractivity contribution in [3.05, 3.63) is 96.1 Å². The first-order valence-electron chi connectivity index (χ1n) is 16.0. The third-order valence-electron chi connectivity index (χ3n) is 8.43. The summed E-state index contributed by atoms with van der Waals surface area (Å²) >= 11 is 0. The van der Waals surface area contributed by atoms with Gasteiger partial charge < -0.3 is 20.1 Å². The number of carbonyl (C=O) groups excluding carboxylic acids is 2. The fourth-order valence-corrected chi connectivity index (χ4v) is 5.34. The molecule has 232 valence electrons. The van der Waals surface area contributed by atoms with E-state index in [4.69, 9.17) is 9.47 Å². The van der Waals surface area contributed by atoms with Crippen molar-refractivity contribution < 1.29 is 19.1 Å². The molecular weight excluding hydrogens is 548 g/mol. The third-order valence-corrected chi connectivity index (χ3v) is 8.43. The Morgan fingerprint density at radius 2 is 0.932 bits per heavy atom. The number of amides is 2. The fourth-order valence-electron chi connectivity index (χ4n) is 5.34. The largest absolute Gasteiger partial charge is 0.480 e. The highest BCUT2D eigenvalue weighted by molar-refractivity contribution is 6.10. The number of anilines is 2. The second-order valence-electron chi connectivity index (χ2n) is 11.4. The maximum atomic E-state index is 13.5. The van der Waals surface area contributed by atoms with Crippen LogP contribution in [0.3, 0.4) is 0 Å². The van der Waals surface area contributed by atoms with E-state index in [1.807, 2.05) is 86.6 Å². The van der Waals surface area contributed by atoms with Crippen molar-refractivity contribution in [1.82, 2.24) is 0 Å². The number of ether oxygens (including phenoxy) is 2. The van der Waals surface area contributed by atoms with Crippen molar-refractivity contribution in [2.45, 2.75) is 91.3 Å². The van der Waals surface area contributed by atoms with E-state index in [1.54, 1.807) is 0 Å². The Hall–Kier alpha value is -4.32. The van der Waals surface area contributed by atoms with E-state index in [1.165, 1.54) is 0 Å². The molecule has 0 fully saturated rings. The first-order valence-corrected chi connectivity index (χ1v) is 16.0. The van der Waals surface area contributed by atoms with Crippen molar-refractivity contribution in [1.29, 1.82) is 0 Å². The van der Waals surface area contributed by atoms with Crippen molar-refractivity contribution >= 4 is 34.0 Å². The molecule has 4 aromatic carbocycles. The van der Waals surface area contributed by atoms with Crippen LogP contribution in [0.15, 0.2) is 84.9 Å². The van der Waals surface area contributed by atoms with Gasteiger partial charge in [0.1, 0.15) is 11.5 Å². The highest BCUT2D eigenvalue weighted by atomic mass is 16.5. The lowest BCUT2D eigenvalue weighted by molar-refractivity contribution is -0.123. The van der Waals surface area contributed by atoms with Gasteiger partial charge in [-0.3, -0.25) is 9.59 Å². The van der Waals surface area contributed by atoms with Crippen LogP contribution in [-0.2, 0) is 9.59 Å². The topological polar surface area (TPSA) is 76.7 Å². The van der Waals surface area contributed by atoms with Crippen molar-refractivity contribution in [3.63, 3.8) is 0 Å². The van der Waals surface area contributed by atoms with Crippen molar-refractivity contribution in [2.24, 2.45) is 0 Å². The molecule has 4 rings (SSSR count). The monoisotopic (exact) mass is 594 g/mol. The lowest BCUT2D eigenvalue weighted by Gasteiger charge is -2.22. The zero-order chi connectivity index (χ0) is 31.6. The maximum Gasteiger partial charge on any atom is 0.265 e. The Kier molecular flexibility index (Phi) is 11.4. The van der Waals surface area contributed by atoms with Crippen LogP contribution in [0.1, 0.15) is 90.2 Å². The number of carbonyl (C=O) groups is 2. The Morgan fingerprint density at radius 1 is 0.545 bits per heavy atom. The van der Waals surface area contributed by atoms with Crippen molar-refractivity contribution in [2.75, 3.05) is 10.6 Å². The van der Waals surface area contributed by atoms with Crippen LogP contribution in [0.5, 0.6) is 11.5 Å². The highest BCUT2D eigenvalue weighted by Crippen LogP contribution is 2.33. The molecule has 0 saturated heterocycles. The highest BCUT2D eigenvalue weighted by Gasteiger charge is 2.24. The van der Waals surface area contributed by atoms with Crippen LogP contribution in [-0.4, -0.2) is 24.0 Å². The molecule has 44 heavy (non-hydrogen) atoms. The zero-order valence-electron chi connectivity index (χ0n) is 26.9. The minimum absolute atomic E-state index is 0.215. The summed E-state index contributed by atoms with van der Waals surface area (Å²) < 4.78 is 12.5. The molecule has 4 aromatic rings. The number of hydrogen-bond donors (Lipinski definition) is 2. The van der Waals surface area contributed by atoms with E-state index in [0.29, 0.717) is 36.1 Å². The number of para-hydroxylation sites is 2. The summed E-state index contributed by atoms with van der Waals surface area (Å²) in [5, 5.41) is 7.82. The number of hydrogen-bond acceptors (Lipinski definition) is 4. The van der Waals surface area contributed by atoms with Gasteiger partial charge >= 0.3 is 0 Å². The molecule has 4 unspecified atom stereocenters. The first kappa shape index (κ1) is 32.6.